The Labute approximate surface area is 118 Å². The van der Waals surface area contributed by atoms with Crippen LogP contribution in [0.5, 0.6) is 0 Å². The standard InChI is InChI=1S/C14H22N2O4/c1-9(2)7-15-13(17)8-16(4)10(3)11-5-6-12(20-11)14(18)19/h5-6,9-10H,7-8H2,1-4H3,(H,15,17)(H,18,19). The number of amides is 1. The first-order chi connectivity index (χ1) is 9.31. The van der Waals surface area contributed by atoms with Gasteiger partial charge in [0.15, 0.2) is 0 Å². The number of aromatic carboxylic acids is 1. The van der Waals surface area contributed by atoms with Crippen molar-refractivity contribution in [2.75, 3.05) is 20.1 Å². The van der Waals surface area contributed by atoms with Gasteiger partial charge in [0.25, 0.3) is 0 Å². The van der Waals surface area contributed by atoms with Crippen molar-refractivity contribution in [3.8, 4) is 0 Å². The van der Waals surface area contributed by atoms with Crippen LogP contribution in [0, 0.1) is 5.92 Å². The molecule has 0 aromatic carbocycles. The van der Waals surface area contributed by atoms with Crippen LogP contribution in [0.4, 0.5) is 0 Å². The molecule has 1 aromatic rings. The van der Waals surface area contributed by atoms with Gasteiger partial charge in [-0.05, 0) is 32.0 Å². The lowest BCUT2D eigenvalue weighted by Crippen LogP contribution is -2.37. The van der Waals surface area contributed by atoms with Gasteiger partial charge in [-0.15, -0.1) is 0 Å². The third-order valence-electron chi connectivity index (χ3n) is 3.01. The Balaban J connectivity index is 2.55. The average Bonchev–Trinajstić information content (AvgIpc) is 2.85. The second-order valence-electron chi connectivity index (χ2n) is 5.30. The molecule has 20 heavy (non-hydrogen) atoms. The fraction of sp³-hybridized carbons (Fsp3) is 0.571. The lowest BCUT2D eigenvalue weighted by molar-refractivity contribution is -0.122. The number of carboxylic acid groups (broad SMARTS) is 1. The number of hydrogen-bond acceptors (Lipinski definition) is 4. The summed E-state index contributed by atoms with van der Waals surface area (Å²) in [5.74, 6) is -0.310. The summed E-state index contributed by atoms with van der Waals surface area (Å²) >= 11 is 0. The number of nitrogens with zero attached hydrogens (tertiary/aromatic N) is 1. The summed E-state index contributed by atoms with van der Waals surface area (Å²) in [7, 11) is 1.79. The molecule has 1 unspecified atom stereocenters. The molecule has 1 heterocycles. The molecule has 6 heteroatoms. The first kappa shape index (κ1) is 16.2. The molecule has 0 fully saturated rings. The number of carbonyl (C=O) groups is 2. The summed E-state index contributed by atoms with van der Waals surface area (Å²) < 4.78 is 5.23. The molecule has 112 valence electrons. The summed E-state index contributed by atoms with van der Waals surface area (Å²) in [6.45, 7) is 6.80. The molecule has 0 spiro atoms. The van der Waals surface area contributed by atoms with Gasteiger partial charge in [0.1, 0.15) is 5.76 Å². The lowest BCUT2D eigenvalue weighted by atomic mass is 10.2. The highest BCUT2D eigenvalue weighted by Gasteiger charge is 2.19. The van der Waals surface area contributed by atoms with Crippen molar-refractivity contribution in [1.29, 1.82) is 0 Å². The van der Waals surface area contributed by atoms with E-state index in [2.05, 4.69) is 5.32 Å². The van der Waals surface area contributed by atoms with Crippen molar-refractivity contribution >= 4 is 11.9 Å². The zero-order valence-corrected chi connectivity index (χ0v) is 12.3. The topological polar surface area (TPSA) is 82.8 Å². The molecule has 0 aliphatic rings. The summed E-state index contributed by atoms with van der Waals surface area (Å²) in [5, 5.41) is 11.7. The van der Waals surface area contributed by atoms with Crippen LogP contribution < -0.4 is 5.32 Å². The molecule has 1 aromatic heterocycles. The predicted molar refractivity (Wildman–Crippen MR) is 74.6 cm³/mol. The molecular formula is C14H22N2O4. The smallest absolute Gasteiger partial charge is 0.371 e. The van der Waals surface area contributed by atoms with Gasteiger partial charge in [0, 0.05) is 6.54 Å². The molecule has 6 nitrogen and oxygen atoms in total. The first-order valence-corrected chi connectivity index (χ1v) is 6.61. The van der Waals surface area contributed by atoms with E-state index in [1.807, 2.05) is 20.8 Å². The van der Waals surface area contributed by atoms with E-state index in [9.17, 15) is 9.59 Å². The highest BCUT2D eigenvalue weighted by molar-refractivity contribution is 5.84. The Morgan fingerprint density at radius 3 is 2.50 bits per heavy atom. The minimum Gasteiger partial charge on any atom is -0.475 e. The van der Waals surface area contributed by atoms with Crippen LogP contribution in [-0.4, -0.2) is 42.0 Å². The van der Waals surface area contributed by atoms with Crippen molar-refractivity contribution in [2.45, 2.75) is 26.8 Å². The number of likely N-dealkylation sites (N-methyl/N-ethyl adjacent to an activating group) is 1. The van der Waals surface area contributed by atoms with Gasteiger partial charge >= 0.3 is 5.97 Å². The van der Waals surface area contributed by atoms with Gasteiger partial charge in [-0.2, -0.15) is 0 Å². The summed E-state index contributed by atoms with van der Waals surface area (Å²) in [6.07, 6.45) is 0. The molecule has 1 atom stereocenters. The number of rotatable bonds is 7. The lowest BCUT2D eigenvalue weighted by Gasteiger charge is -2.22. The molecule has 0 saturated carbocycles. The molecule has 2 N–H and O–H groups in total. The zero-order chi connectivity index (χ0) is 15.3. The van der Waals surface area contributed by atoms with Crippen molar-refractivity contribution in [1.82, 2.24) is 10.2 Å². The predicted octanol–water partition coefficient (Wildman–Crippen LogP) is 1.74. The number of carbonyl (C=O) groups excluding carboxylic acids is 1. The van der Waals surface area contributed by atoms with E-state index in [0.717, 1.165) is 0 Å². The van der Waals surface area contributed by atoms with Crippen LogP contribution in [0.1, 0.15) is 43.1 Å². The van der Waals surface area contributed by atoms with E-state index >= 15 is 0 Å². The average molecular weight is 282 g/mol. The van der Waals surface area contributed by atoms with Crippen molar-refractivity contribution in [2.24, 2.45) is 5.92 Å². The third-order valence-corrected chi connectivity index (χ3v) is 3.01. The maximum Gasteiger partial charge on any atom is 0.371 e. The number of carboxylic acids is 1. The fourth-order valence-corrected chi connectivity index (χ4v) is 1.65. The molecule has 1 rings (SSSR count). The SMILES string of the molecule is CC(C)CNC(=O)CN(C)C(C)c1ccc(C(=O)O)o1. The van der Waals surface area contributed by atoms with Gasteiger partial charge in [0.05, 0.1) is 12.6 Å². The van der Waals surface area contributed by atoms with Crippen molar-refractivity contribution < 1.29 is 19.1 Å². The summed E-state index contributed by atoms with van der Waals surface area (Å²) in [4.78, 5) is 24.3. The van der Waals surface area contributed by atoms with E-state index in [4.69, 9.17) is 9.52 Å². The van der Waals surface area contributed by atoms with Crippen LogP contribution >= 0.6 is 0 Å². The minimum atomic E-state index is -1.10. The Kier molecular flexibility index (Phi) is 5.76. The second kappa shape index (κ2) is 7.09. The van der Waals surface area contributed by atoms with E-state index in [0.29, 0.717) is 18.2 Å². The number of hydrogen-bond donors (Lipinski definition) is 2. The van der Waals surface area contributed by atoms with Crippen LogP contribution in [0.3, 0.4) is 0 Å². The van der Waals surface area contributed by atoms with Crippen LogP contribution in [0.15, 0.2) is 16.5 Å². The van der Waals surface area contributed by atoms with Crippen LogP contribution in [0.25, 0.3) is 0 Å². The number of furan rings is 1. The molecule has 0 aliphatic heterocycles. The molecular weight excluding hydrogens is 260 g/mol. The normalized spacial score (nSPS) is 12.7. The third kappa shape index (κ3) is 4.70. The fourth-order valence-electron chi connectivity index (χ4n) is 1.65. The molecule has 1 amide bonds. The largest absolute Gasteiger partial charge is 0.475 e. The van der Waals surface area contributed by atoms with E-state index < -0.39 is 5.97 Å². The first-order valence-electron chi connectivity index (χ1n) is 6.61. The van der Waals surface area contributed by atoms with Crippen molar-refractivity contribution in [3.05, 3.63) is 23.7 Å². The van der Waals surface area contributed by atoms with Crippen molar-refractivity contribution in [3.63, 3.8) is 0 Å². The number of nitrogens with one attached hydrogen (secondary N) is 1. The van der Waals surface area contributed by atoms with Gasteiger partial charge in [-0.3, -0.25) is 9.69 Å². The Morgan fingerprint density at radius 1 is 1.35 bits per heavy atom. The second-order valence-corrected chi connectivity index (χ2v) is 5.30. The highest BCUT2D eigenvalue weighted by Crippen LogP contribution is 2.21. The van der Waals surface area contributed by atoms with Gasteiger partial charge in [-0.1, -0.05) is 13.8 Å². The van der Waals surface area contributed by atoms with Gasteiger partial charge < -0.3 is 14.8 Å². The van der Waals surface area contributed by atoms with Gasteiger partial charge in [-0.25, -0.2) is 4.79 Å². The molecule has 0 aliphatic carbocycles. The van der Waals surface area contributed by atoms with Crippen LogP contribution in [0.2, 0.25) is 0 Å². The summed E-state index contributed by atoms with van der Waals surface area (Å²) in [5.41, 5.74) is 0. The zero-order valence-electron chi connectivity index (χ0n) is 12.3. The highest BCUT2D eigenvalue weighted by atomic mass is 16.4. The van der Waals surface area contributed by atoms with E-state index in [-0.39, 0.29) is 24.3 Å². The Bertz CT molecular complexity index is 467. The Morgan fingerprint density at radius 2 is 2.00 bits per heavy atom. The maximum atomic E-state index is 11.7. The monoisotopic (exact) mass is 282 g/mol. The Hall–Kier alpha value is -1.82. The quantitative estimate of drug-likeness (QED) is 0.796. The molecule has 0 radical (unpaired) electrons. The maximum absolute atomic E-state index is 11.7. The van der Waals surface area contributed by atoms with Gasteiger partial charge in [0.2, 0.25) is 11.7 Å². The van der Waals surface area contributed by atoms with E-state index in [1.54, 1.807) is 18.0 Å². The molecule has 0 bridgehead atoms. The van der Waals surface area contributed by atoms with E-state index in [1.165, 1.54) is 6.07 Å². The minimum absolute atomic E-state index is 0.0573. The molecule has 0 saturated heterocycles. The van der Waals surface area contributed by atoms with Crippen LogP contribution in [-0.2, 0) is 4.79 Å². The summed E-state index contributed by atoms with van der Waals surface area (Å²) in [6, 6.07) is 2.87.